The average Bonchev–Trinajstić information content (AvgIpc) is 2.67. The van der Waals surface area contributed by atoms with Gasteiger partial charge in [0.2, 0.25) is 0 Å². The molecular weight excluding hydrogens is 346 g/mol. The van der Waals surface area contributed by atoms with Crippen molar-refractivity contribution in [3.63, 3.8) is 0 Å². The maximum Gasteiger partial charge on any atom is 0.313 e. The average molecular weight is 372 g/mol. The van der Waals surface area contributed by atoms with Gasteiger partial charge in [-0.15, -0.1) is 0 Å². The first-order valence-electron chi connectivity index (χ1n) is 8.77. The van der Waals surface area contributed by atoms with E-state index in [1.165, 1.54) is 0 Å². The second-order valence-corrected chi connectivity index (χ2v) is 6.76. The smallest absolute Gasteiger partial charge is 0.313 e. The Labute approximate surface area is 159 Å². The molecule has 0 aliphatic carbocycles. The molecule has 0 bridgehead atoms. The summed E-state index contributed by atoms with van der Waals surface area (Å²) in [6.07, 6.45) is 0. The molecule has 0 saturated carbocycles. The Bertz CT molecular complexity index is 718. The van der Waals surface area contributed by atoms with E-state index in [0.717, 1.165) is 29.4 Å². The van der Waals surface area contributed by atoms with E-state index in [9.17, 15) is 9.59 Å². The quantitative estimate of drug-likeness (QED) is 0.700. The predicted molar refractivity (Wildman–Crippen MR) is 106 cm³/mol. The van der Waals surface area contributed by atoms with Gasteiger partial charge >= 0.3 is 11.8 Å². The lowest BCUT2D eigenvalue weighted by Crippen LogP contribution is -2.40. The lowest BCUT2D eigenvalue weighted by Gasteiger charge is -2.17. The molecule has 138 valence electrons. The molecule has 0 aromatic heterocycles. The molecule has 2 N–H and O–H groups in total. The zero-order valence-corrected chi connectivity index (χ0v) is 16.0. The van der Waals surface area contributed by atoms with Crippen LogP contribution in [0.3, 0.4) is 0 Å². The maximum atomic E-state index is 12.2. The number of carbonyl (C=O) groups excluding carboxylic acids is 2. The van der Waals surface area contributed by atoms with Gasteiger partial charge in [-0.05, 0) is 37.4 Å². The van der Waals surface area contributed by atoms with Crippen LogP contribution < -0.4 is 10.6 Å². The van der Waals surface area contributed by atoms with Crippen molar-refractivity contribution < 1.29 is 9.59 Å². The van der Waals surface area contributed by atoms with Crippen molar-refractivity contribution >= 4 is 29.3 Å². The molecule has 0 aliphatic rings. The standard InChI is InChI=1S/C20H25N3O2S/c1-3-23(4-2)15-14-21-19(24)20(25)22-17-12-8-9-13-18(17)26-16-10-6-5-7-11-16/h5-13H,3-4,14-15H2,1-2H3,(H,21,24)(H,22,25). The Morgan fingerprint density at radius 3 is 2.27 bits per heavy atom. The monoisotopic (exact) mass is 371 g/mol. The lowest BCUT2D eigenvalue weighted by atomic mass is 10.3. The zero-order valence-electron chi connectivity index (χ0n) is 15.2. The van der Waals surface area contributed by atoms with E-state index in [1.54, 1.807) is 17.8 Å². The third kappa shape index (κ3) is 6.20. The van der Waals surface area contributed by atoms with Crippen LogP contribution in [0.4, 0.5) is 5.69 Å². The zero-order chi connectivity index (χ0) is 18.8. The number of benzene rings is 2. The summed E-state index contributed by atoms with van der Waals surface area (Å²) < 4.78 is 0. The molecule has 2 aromatic rings. The third-order valence-electron chi connectivity index (χ3n) is 3.92. The van der Waals surface area contributed by atoms with Gasteiger partial charge in [0.1, 0.15) is 0 Å². The number of amides is 2. The Morgan fingerprint density at radius 1 is 0.923 bits per heavy atom. The van der Waals surface area contributed by atoms with Gasteiger partial charge in [-0.3, -0.25) is 9.59 Å². The molecule has 0 radical (unpaired) electrons. The SMILES string of the molecule is CCN(CC)CCNC(=O)C(=O)Nc1ccccc1Sc1ccccc1. The normalized spacial score (nSPS) is 10.6. The molecule has 0 atom stereocenters. The van der Waals surface area contributed by atoms with Crippen LogP contribution in [0.25, 0.3) is 0 Å². The van der Waals surface area contributed by atoms with Gasteiger partial charge in [-0.2, -0.15) is 0 Å². The minimum Gasteiger partial charge on any atom is -0.347 e. The number of hydrogen-bond acceptors (Lipinski definition) is 4. The molecule has 0 heterocycles. The Morgan fingerprint density at radius 2 is 1.58 bits per heavy atom. The van der Waals surface area contributed by atoms with E-state index in [1.807, 2.05) is 48.5 Å². The fraction of sp³-hybridized carbons (Fsp3) is 0.300. The van der Waals surface area contributed by atoms with Crippen molar-refractivity contribution in [2.45, 2.75) is 23.6 Å². The van der Waals surface area contributed by atoms with Gasteiger partial charge < -0.3 is 15.5 Å². The van der Waals surface area contributed by atoms with Crippen molar-refractivity contribution in [3.05, 3.63) is 54.6 Å². The van der Waals surface area contributed by atoms with Crippen LogP contribution in [0.15, 0.2) is 64.4 Å². The topological polar surface area (TPSA) is 61.4 Å². The number of hydrogen-bond donors (Lipinski definition) is 2. The van der Waals surface area contributed by atoms with Crippen molar-refractivity contribution in [1.29, 1.82) is 0 Å². The molecule has 26 heavy (non-hydrogen) atoms. The van der Waals surface area contributed by atoms with Crippen LogP contribution in [-0.2, 0) is 9.59 Å². The van der Waals surface area contributed by atoms with Crippen LogP contribution >= 0.6 is 11.8 Å². The largest absolute Gasteiger partial charge is 0.347 e. The van der Waals surface area contributed by atoms with Crippen LogP contribution in [0.5, 0.6) is 0 Å². The molecule has 0 aliphatic heterocycles. The lowest BCUT2D eigenvalue weighted by molar-refractivity contribution is -0.136. The van der Waals surface area contributed by atoms with E-state index < -0.39 is 11.8 Å². The number of likely N-dealkylation sites (N-methyl/N-ethyl adjacent to an activating group) is 1. The number of rotatable bonds is 8. The molecule has 5 nitrogen and oxygen atoms in total. The van der Waals surface area contributed by atoms with Gasteiger partial charge in [0, 0.05) is 22.9 Å². The first-order valence-corrected chi connectivity index (χ1v) is 9.59. The number of carbonyl (C=O) groups is 2. The highest BCUT2D eigenvalue weighted by Crippen LogP contribution is 2.33. The molecule has 6 heteroatoms. The second-order valence-electron chi connectivity index (χ2n) is 5.65. The highest BCUT2D eigenvalue weighted by atomic mass is 32.2. The minimum absolute atomic E-state index is 0.453. The summed E-state index contributed by atoms with van der Waals surface area (Å²) >= 11 is 1.54. The summed E-state index contributed by atoms with van der Waals surface area (Å²) in [4.78, 5) is 28.4. The van der Waals surface area contributed by atoms with Gasteiger partial charge in [-0.25, -0.2) is 0 Å². The molecule has 2 aromatic carbocycles. The number of nitrogens with zero attached hydrogens (tertiary/aromatic N) is 1. The molecule has 0 fully saturated rings. The fourth-order valence-corrected chi connectivity index (χ4v) is 3.32. The number of para-hydroxylation sites is 1. The molecule has 2 amide bonds. The van der Waals surface area contributed by atoms with Crippen LogP contribution in [-0.4, -0.2) is 42.9 Å². The summed E-state index contributed by atoms with van der Waals surface area (Å²) in [5, 5.41) is 5.38. The first kappa shape index (κ1) is 20.0. The Kier molecular flexibility index (Phi) is 8.18. The van der Waals surface area contributed by atoms with E-state index in [-0.39, 0.29) is 0 Å². The van der Waals surface area contributed by atoms with Crippen molar-refractivity contribution in [2.75, 3.05) is 31.5 Å². The van der Waals surface area contributed by atoms with Gasteiger partial charge in [-0.1, -0.05) is 55.9 Å². The first-order chi connectivity index (χ1) is 12.6. The predicted octanol–water partition coefficient (Wildman–Crippen LogP) is 3.23. The number of nitrogens with one attached hydrogen (secondary N) is 2. The third-order valence-corrected chi connectivity index (χ3v) is 5.00. The highest BCUT2D eigenvalue weighted by molar-refractivity contribution is 7.99. The van der Waals surface area contributed by atoms with Crippen LogP contribution in [0.1, 0.15) is 13.8 Å². The van der Waals surface area contributed by atoms with E-state index >= 15 is 0 Å². The van der Waals surface area contributed by atoms with Gasteiger partial charge in [0.05, 0.1) is 5.69 Å². The second kappa shape index (κ2) is 10.6. The summed E-state index contributed by atoms with van der Waals surface area (Å²) in [7, 11) is 0. The molecule has 2 rings (SSSR count). The number of anilines is 1. The van der Waals surface area contributed by atoms with Crippen LogP contribution in [0, 0.1) is 0 Å². The molecule has 0 unspecified atom stereocenters. The van der Waals surface area contributed by atoms with Crippen molar-refractivity contribution in [2.24, 2.45) is 0 Å². The molecular formula is C20H25N3O2S. The van der Waals surface area contributed by atoms with Gasteiger partial charge in [0.25, 0.3) is 0 Å². The minimum atomic E-state index is -0.648. The fourth-order valence-electron chi connectivity index (χ4n) is 2.40. The summed E-state index contributed by atoms with van der Waals surface area (Å²) in [5.41, 5.74) is 0.630. The Hall–Kier alpha value is -2.31. The van der Waals surface area contributed by atoms with E-state index in [0.29, 0.717) is 12.2 Å². The van der Waals surface area contributed by atoms with Crippen molar-refractivity contribution in [1.82, 2.24) is 10.2 Å². The summed E-state index contributed by atoms with van der Waals surface area (Å²) in [6.45, 7) is 7.16. The summed E-state index contributed by atoms with van der Waals surface area (Å²) in [6, 6.07) is 17.4. The van der Waals surface area contributed by atoms with E-state index in [4.69, 9.17) is 0 Å². The Balaban J connectivity index is 1.93. The van der Waals surface area contributed by atoms with E-state index in [2.05, 4.69) is 29.4 Å². The van der Waals surface area contributed by atoms with Gasteiger partial charge in [0.15, 0.2) is 0 Å². The molecule has 0 spiro atoms. The highest BCUT2D eigenvalue weighted by Gasteiger charge is 2.15. The van der Waals surface area contributed by atoms with Crippen molar-refractivity contribution in [3.8, 4) is 0 Å². The maximum absolute atomic E-state index is 12.2. The molecule has 0 saturated heterocycles. The van der Waals surface area contributed by atoms with Crippen LogP contribution in [0.2, 0.25) is 0 Å². The summed E-state index contributed by atoms with van der Waals surface area (Å²) in [5.74, 6) is -1.26.